The number of hydrogen-bond acceptors (Lipinski definition) is 3. The largest absolute Gasteiger partial charge is 0.342 e. The molecule has 2 unspecified atom stereocenters. The molecule has 1 aromatic heterocycles. The van der Waals surface area contributed by atoms with Gasteiger partial charge >= 0.3 is 0 Å². The van der Waals surface area contributed by atoms with Gasteiger partial charge in [0.2, 0.25) is 5.91 Å². The van der Waals surface area contributed by atoms with Crippen molar-refractivity contribution in [3.8, 4) is 0 Å². The molecule has 0 aliphatic carbocycles. The molecule has 5 nitrogen and oxygen atoms in total. The zero-order valence-electron chi connectivity index (χ0n) is 18.1. The van der Waals surface area contributed by atoms with E-state index in [0.29, 0.717) is 12.5 Å². The molecule has 31 heavy (non-hydrogen) atoms. The Kier molecular flexibility index (Phi) is 8.92. The van der Waals surface area contributed by atoms with Crippen LogP contribution in [0, 0.1) is 0 Å². The Balaban J connectivity index is 0.00000171. The van der Waals surface area contributed by atoms with Crippen LogP contribution in [0.1, 0.15) is 62.5 Å². The predicted octanol–water partition coefficient (Wildman–Crippen LogP) is 5.26. The number of aromatic nitrogens is 2. The first-order valence-electron chi connectivity index (χ1n) is 10.6. The van der Waals surface area contributed by atoms with Crippen molar-refractivity contribution in [2.75, 3.05) is 13.1 Å². The van der Waals surface area contributed by atoms with Crippen LogP contribution in [0.2, 0.25) is 0 Å². The number of halogens is 2. The summed E-state index contributed by atoms with van der Waals surface area (Å²) >= 11 is 0. The summed E-state index contributed by atoms with van der Waals surface area (Å²) in [6.07, 6.45) is 2.40. The van der Waals surface area contributed by atoms with E-state index < -0.39 is 0 Å². The molecule has 168 valence electrons. The first kappa shape index (κ1) is 25.2. The van der Waals surface area contributed by atoms with Crippen LogP contribution < -0.4 is 5.73 Å². The summed E-state index contributed by atoms with van der Waals surface area (Å²) < 4.78 is 2.34. The predicted molar refractivity (Wildman–Crippen MR) is 131 cm³/mol. The van der Waals surface area contributed by atoms with E-state index in [9.17, 15) is 4.79 Å². The molecule has 0 spiro atoms. The van der Waals surface area contributed by atoms with Crippen molar-refractivity contribution in [3.05, 3.63) is 66.0 Å². The van der Waals surface area contributed by atoms with Crippen LogP contribution in [0.5, 0.6) is 0 Å². The Labute approximate surface area is 196 Å². The summed E-state index contributed by atoms with van der Waals surface area (Å²) in [7, 11) is 0. The second-order valence-corrected chi connectivity index (χ2v) is 8.32. The Morgan fingerprint density at radius 3 is 2.48 bits per heavy atom. The number of carbonyl (C=O) groups is 1. The number of likely N-dealkylation sites (tertiary alicyclic amines) is 1. The maximum Gasteiger partial charge on any atom is 0.224 e. The second-order valence-electron chi connectivity index (χ2n) is 8.32. The number of amides is 1. The number of nitrogens with zero attached hydrogens (tertiary/aromatic N) is 3. The number of imidazole rings is 1. The van der Waals surface area contributed by atoms with Crippen molar-refractivity contribution >= 4 is 41.8 Å². The highest BCUT2D eigenvalue weighted by Gasteiger charge is 2.29. The van der Waals surface area contributed by atoms with E-state index in [0.717, 1.165) is 42.8 Å². The van der Waals surface area contributed by atoms with E-state index in [1.807, 2.05) is 41.3 Å². The molecule has 1 amide bonds. The summed E-state index contributed by atoms with van der Waals surface area (Å²) in [5, 5.41) is 0. The fraction of sp³-hybridized carbons (Fsp3) is 0.417. The number of carbonyl (C=O) groups excluding carboxylic acids is 1. The average molecular weight is 463 g/mol. The lowest BCUT2D eigenvalue weighted by molar-refractivity contribution is -0.132. The smallest absolute Gasteiger partial charge is 0.224 e. The van der Waals surface area contributed by atoms with Crippen molar-refractivity contribution in [2.45, 2.75) is 51.1 Å². The van der Waals surface area contributed by atoms with Gasteiger partial charge in [-0.25, -0.2) is 4.98 Å². The summed E-state index contributed by atoms with van der Waals surface area (Å²) in [6.45, 7) is 5.92. The van der Waals surface area contributed by atoms with E-state index in [1.54, 1.807) is 0 Å². The monoisotopic (exact) mass is 462 g/mol. The fourth-order valence-electron chi connectivity index (χ4n) is 4.44. The van der Waals surface area contributed by atoms with Gasteiger partial charge in [0.25, 0.3) is 0 Å². The third-order valence-electron chi connectivity index (χ3n) is 5.90. The van der Waals surface area contributed by atoms with E-state index in [-0.39, 0.29) is 42.7 Å². The van der Waals surface area contributed by atoms with Crippen molar-refractivity contribution in [1.29, 1.82) is 0 Å². The second kappa shape index (κ2) is 11.0. The normalized spacial score (nSPS) is 17.2. The zero-order chi connectivity index (χ0) is 20.4. The Morgan fingerprint density at radius 1 is 1.10 bits per heavy atom. The molecular weight excluding hydrogens is 431 g/mol. The van der Waals surface area contributed by atoms with Gasteiger partial charge in [-0.05, 0) is 44.4 Å². The molecule has 1 aliphatic rings. The molecule has 2 N–H and O–H groups in total. The van der Waals surface area contributed by atoms with E-state index >= 15 is 0 Å². The Morgan fingerprint density at radius 2 is 1.77 bits per heavy atom. The topological polar surface area (TPSA) is 64.2 Å². The average Bonchev–Trinajstić information content (AvgIpc) is 3.14. The standard InChI is InChI=1S/C24H30N4O.2ClH/c1-17(2)28-22-13-7-6-12-21(22)26-24(28)19-11-8-14-27(16-19)23(29)15-20(25)18-9-4-3-5-10-18;;/h3-7,9-10,12-13,17,19-20H,8,11,14-16,25H2,1-2H3;2*1H. The minimum absolute atomic E-state index is 0. The van der Waals surface area contributed by atoms with E-state index in [2.05, 4.69) is 36.6 Å². The molecule has 2 aromatic carbocycles. The number of fused-ring (bicyclic) bond motifs is 1. The lowest BCUT2D eigenvalue weighted by atomic mass is 9.95. The van der Waals surface area contributed by atoms with Crippen LogP contribution in [0.15, 0.2) is 54.6 Å². The van der Waals surface area contributed by atoms with Gasteiger partial charge in [-0.1, -0.05) is 42.5 Å². The summed E-state index contributed by atoms with van der Waals surface area (Å²) in [5.74, 6) is 1.50. The van der Waals surface area contributed by atoms with Crippen LogP contribution in [-0.4, -0.2) is 33.4 Å². The van der Waals surface area contributed by atoms with Gasteiger partial charge in [0.15, 0.2) is 0 Å². The van der Waals surface area contributed by atoms with Crippen LogP contribution in [0.4, 0.5) is 0 Å². The molecule has 1 fully saturated rings. The van der Waals surface area contributed by atoms with Crippen LogP contribution >= 0.6 is 24.8 Å². The van der Waals surface area contributed by atoms with Crippen LogP contribution in [0.3, 0.4) is 0 Å². The van der Waals surface area contributed by atoms with E-state index in [4.69, 9.17) is 10.7 Å². The maximum atomic E-state index is 13.0. The summed E-state index contributed by atoms with van der Waals surface area (Å²) in [5.41, 5.74) is 9.52. The maximum absolute atomic E-state index is 13.0. The Bertz CT molecular complexity index is 990. The molecule has 1 saturated heterocycles. The lowest BCUT2D eigenvalue weighted by Crippen LogP contribution is -2.41. The number of hydrogen-bond donors (Lipinski definition) is 1. The van der Waals surface area contributed by atoms with Gasteiger partial charge in [0.1, 0.15) is 5.82 Å². The number of piperidine rings is 1. The molecule has 0 saturated carbocycles. The van der Waals surface area contributed by atoms with Crippen molar-refractivity contribution in [3.63, 3.8) is 0 Å². The molecule has 3 aromatic rings. The summed E-state index contributed by atoms with van der Waals surface area (Å²) in [6, 6.07) is 18.2. The number of rotatable bonds is 5. The molecule has 2 atom stereocenters. The molecule has 7 heteroatoms. The highest BCUT2D eigenvalue weighted by Crippen LogP contribution is 2.32. The molecule has 1 aliphatic heterocycles. The zero-order valence-corrected chi connectivity index (χ0v) is 19.7. The SMILES string of the molecule is CC(C)n1c(C2CCCN(C(=O)CC(N)c3ccccc3)C2)nc2ccccc21.Cl.Cl. The summed E-state index contributed by atoms with van der Waals surface area (Å²) in [4.78, 5) is 19.9. The molecule has 2 heterocycles. The number of benzene rings is 2. The first-order valence-corrected chi connectivity index (χ1v) is 10.6. The van der Waals surface area contributed by atoms with E-state index in [1.165, 1.54) is 5.52 Å². The Hall–Kier alpha value is -2.08. The minimum Gasteiger partial charge on any atom is -0.342 e. The van der Waals surface area contributed by atoms with Gasteiger partial charge in [-0.15, -0.1) is 24.8 Å². The van der Waals surface area contributed by atoms with Gasteiger partial charge in [-0.3, -0.25) is 4.79 Å². The van der Waals surface area contributed by atoms with Crippen molar-refractivity contribution < 1.29 is 4.79 Å². The molecule has 0 bridgehead atoms. The number of para-hydroxylation sites is 2. The highest BCUT2D eigenvalue weighted by atomic mass is 35.5. The quantitative estimate of drug-likeness (QED) is 0.562. The molecule has 4 rings (SSSR count). The number of nitrogens with two attached hydrogens (primary N) is 1. The first-order chi connectivity index (χ1) is 14.0. The van der Waals surface area contributed by atoms with Gasteiger partial charge in [0, 0.05) is 37.5 Å². The van der Waals surface area contributed by atoms with Gasteiger partial charge < -0.3 is 15.2 Å². The third-order valence-corrected chi connectivity index (χ3v) is 5.90. The highest BCUT2D eigenvalue weighted by molar-refractivity contribution is 5.85. The van der Waals surface area contributed by atoms with Gasteiger partial charge in [0.05, 0.1) is 11.0 Å². The lowest BCUT2D eigenvalue weighted by Gasteiger charge is -2.34. The minimum atomic E-state index is -0.260. The third kappa shape index (κ3) is 5.40. The van der Waals surface area contributed by atoms with Gasteiger partial charge in [-0.2, -0.15) is 0 Å². The molecular formula is C24H32Cl2N4O. The van der Waals surface area contributed by atoms with Crippen molar-refractivity contribution in [2.24, 2.45) is 5.73 Å². The van der Waals surface area contributed by atoms with Crippen molar-refractivity contribution in [1.82, 2.24) is 14.5 Å². The fourth-order valence-corrected chi connectivity index (χ4v) is 4.44. The van der Waals surface area contributed by atoms with Crippen LogP contribution in [-0.2, 0) is 4.79 Å². The molecule has 0 radical (unpaired) electrons. The van der Waals surface area contributed by atoms with Crippen LogP contribution in [0.25, 0.3) is 11.0 Å².